The van der Waals surface area contributed by atoms with Gasteiger partial charge in [0.2, 0.25) is 5.91 Å². The summed E-state index contributed by atoms with van der Waals surface area (Å²) >= 11 is 0. The lowest BCUT2D eigenvalue weighted by molar-refractivity contribution is -0.384. The van der Waals surface area contributed by atoms with Gasteiger partial charge >= 0.3 is 6.09 Å². The molecule has 0 atom stereocenters. The second-order valence-electron chi connectivity index (χ2n) is 8.01. The summed E-state index contributed by atoms with van der Waals surface area (Å²) in [5.74, 6) is -0.272. The number of benzene rings is 1. The molecule has 1 aliphatic rings. The molecule has 1 aromatic carbocycles. The molecular formula is C20H27N3O5. The number of amides is 2. The molecule has 0 aliphatic heterocycles. The lowest BCUT2D eigenvalue weighted by atomic mass is 9.97. The maximum Gasteiger partial charge on any atom is 0.407 e. The number of nitrogens with one attached hydrogen (secondary N) is 2. The van der Waals surface area contributed by atoms with Gasteiger partial charge in [0.05, 0.1) is 10.5 Å². The van der Waals surface area contributed by atoms with Crippen LogP contribution >= 0.6 is 0 Å². The molecule has 0 saturated heterocycles. The van der Waals surface area contributed by atoms with Crippen molar-refractivity contribution in [2.45, 2.75) is 57.6 Å². The van der Waals surface area contributed by atoms with Crippen LogP contribution in [0.3, 0.4) is 0 Å². The summed E-state index contributed by atoms with van der Waals surface area (Å²) in [6, 6.07) is 5.94. The quantitative estimate of drug-likeness (QED) is 0.439. The van der Waals surface area contributed by atoms with Crippen molar-refractivity contribution in [3.8, 4) is 0 Å². The first-order valence-corrected chi connectivity index (χ1v) is 9.30. The van der Waals surface area contributed by atoms with Crippen molar-refractivity contribution < 1.29 is 19.2 Å². The van der Waals surface area contributed by atoms with Crippen LogP contribution in [-0.2, 0) is 9.53 Å². The molecule has 1 saturated carbocycles. The number of nitro benzene ring substituents is 1. The second kappa shape index (κ2) is 8.86. The van der Waals surface area contributed by atoms with Crippen LogP contribution in [0.15, 0.2) is 30.3 Å². The number of hydrogen-bond acceptors (Lipinski definition) is 5. The minimum atomic E-state index is -0.580. The normalized spacial score (nSPS) is 16.0. The number of carbonyl (C=O) groups is 2. The average molecular weight is 389 g/mol. The van der Waals surface area contributed by atoms with Gasteiger partial charge in [0.15, 0.2) is 0 Å². The summed E-state index contributed by atoms with van der Waals surface area (Å²) < 4.78 is 5.25. The van der Waals surface area contributed by atoms with Gasteiger partial charge in [-0.25, -0.2) is 4.79 Å². The number of ether oxygens (including phenoxy) is 1. The van der Waals surface area contributed by atoms with Crippen LogP contribution in [-0.4, -0.2) is 34.6 Å². The fourth-order valence-electron chi connectivity index (χ4n) is 3.14. The third kappa shape index (κ3) is 6.68. The first-order valence-electron chi connectivity index (χ1n) is 9.30. The zero-order valence-electron chi connectivity index (χ0n) is 16.5. The molecule has 28 heavy (non-hydrogen) atoms. The van der Waals surface area contributed by atoms with E-state index in [0.29, 0.717) is 12.1 Å². The molecule has 2 N–H and O–H groups in total. The topological polar surface area (TPSA) is 111 Å². The Kier molecular flexibility index (Phi) is 6.77. The van der Waals surface area contributed by atoms with Gasteiger partial charge in [-0.05, 0) is 57.4 Å². The Hall–Kier alpha value is -2.90. The van der Waals surface area contributed by atoms with E-state index < -0.39 is 22.2 Å². The summed E-state index contributed by atoms with van der Waals surface area (Å²) in [6.07, 6.45) is 6.00. The summed E-state index contributed by atoms with van der Waals surface area (Å²) in [6.45, 7) is 5.69. The van der Waals surface area contributed by atoms with Crippen LogP contribution in [0.2, 0.25) is 0 Å². The number of non-ortho nitro benzene ring substituents is 1. The predicted octanol–water partition coefficient (Wildman–Crippen LogP) is 3.56. The van der Waals surface area contributed by atoms with Crippen LogP contribution < -0.4 is 10.6 Å². The lowest BCUT2D eigenvalue weighted by Crippen LogP contribution is -2.54. The van der Waals surface area contributed by atoms with E-state index in [1.165, 1.54) is 18.2 Å². The van der Waals surface area contributed by atoms with Gasteiger partial charge in [-0.2, -0.15) is 0 Å². The molecule has 1 aromatic rings. The van der Waals surface area contributed by atoms with Crippen molar-refractivity contribution in [2.24, 2.45) is 0 Å². The van der Waals surface area contributed by atoms with E-state index in [9.17, 15) is 19.7 Å². The van der Waals surface area contributed by atoms with Gasteiger partial charge in [0, 0.05) is 24.8 Å². The van der Waals surface area contributed by atoms with Gasteiger partial charge in [-0.15, -0.1) is 0 Å². The maximum absolute atomic E-state index is 12.4. The summed E-state index contributed by atoms with van der Waals surface area (Å²) in [4.78, 5) is 34.5. The van der Waals surface area contributed by atoms with Crippen LogP contribution in [0.5, 0.6) is 0 Å². The number of carbonyl (C=O) groups excluding carboxylic acids is 2. The molecule has 152 valence electrons. The Labute approximate surface area is 164 Å². The Morgan fingerprint density at radius 3 is 2.36 bits per heavy atom. The SMILES string of the molecule is CC(C)(C)OC(=O)NCC1(NC(=O)/C=C/c2ccc([N+](=O)[O-])cc2)CCCC1. The third-order valence-corrected chi connectivity index (χ3v) is 4.45. The van der Waals surface area contributed by atoms with Crippen molar-refractivity contribution in [2.75, 3.05) is 6.54 Å². The summed E-state index contributed by atoms with van der Waals surface area (Å²) in [7, 11) is 0. The monoisotopic (exact) mass is 389 g/mol. The van der Waals surface area contributed by atoms with E-state index in [1.54, 1.807) is 39.0 Å². The van der Waals surface area contributed by atoms with Gasteiger partial charge in [-0.3, -0.25) is 14.9 Å². The lowest BCUT2D eigenvalue weighted by Gasteiger charge is -2.30. The highest BCUT2D eigenvalue weighted by Gasteiger charge is 2.35. The summed E-state index contributed by atoms with van der Waals surface area (Å²) in [5.41, 5.74) is -0.384. The molecule has 2 rings (SSSR count). The molecule has 1 fully saturated rings. The average Bonchev–Trinajstić information content (AvgIpc) is 3.06. The van der Waals surface area contributed by atoms with Crippen molar-refractivity contribution in [3.63, 3.8) is 0 Å². The van der Waals surface area contributed by atoms with E-state index >= 15 is 0 Å². The minimum absolute atomic E-state index is 0.000252. The Balaban J connectivity index is 1.94. The molecule has 1 aliphatic carbocycles. The third-order valence-electron chi connectivity index (χ3n) is 4.45. The van der Waals surface area contributed by atoms with Crippen LogP contribution in [0.1, 0.15) is 52.0 Å². The molecular weight excluding hydrogens is 362 g/mol. The molecule has 0 unspecified atom stereocenters. The second-order valence-corrected chi connectivity index (χ2v) is 8.01. The van der Waals surface area contributed by atoms with E-state index in [2.05, 4.69) is 10.6 Å². The molecule has 8 nitrogen and oxygen atoms in total. The van der Waals surface area contributed by atoms with Crippen LogP contribution in [0, 0.1) is 10.1 Å². The van der Waals surface area contributed by atoms with E-state index in [4.69, 9.17) is 4.74 Å². The van der Waals surface area contributed by atoms with E-state index in [-0.39, 0.29) is 11.6 Å². The largest absolute Gasteiger partial charge is 0.444 e. The molecule has 0 bridgehead atoms. The highest BCUT2D eigenvalue weighted by atomic mass is 16.6. The molecule has 0 aromatic heterocycles. The fourth-order valence-corrected chi connectivity index (χ4v) is 3.14. The molecule has 8 heteroatoms. The molecule has 2 amide bonds. The first-order chi connectivity index (χ1) is 13.1. The zero-order chi connectivity index (χ0) is 20.8. The molecule has 0 spiro atoms. The van der Waals surface area contributed by atoms with Crippen molar-refractivity contribution in [1.29, 1.82) is 0 Å². The van der Waals surface area contributed by atoms with E-state index in [1.807, 2.05) is 0 Å². The van der Waals surface area contributed by atoms with Crippen molar-refractivity contribution in [1.82, 2.24) is 10.6 Å². The van der Waals surface area contributed by atoms with Gasteiger partial charge in [-0.1, -0.05) is 12.8 Å². The van der Waals surface area contributed by atoms with Gasteiger partial charge < -0.3 is 15.4 Å². The Morgan fingerprint density at radius 1 is 1.21 bits per heavy atom. The van der Waals surface area contributed by atoms with E-state index in [0.717, 1.165) is 25.7 Å². The summed E-state index contributed by atoms with van der Waals surface area (Å²) in [5, 5.41) is 16.4. The van der Waals surface area contributed by atoms with Crippen molar-refractivity contribution in [3.05, 3.63) is 46.0 Å². The number of nitro groups is 1. The number of rotatable bonds is 6. The molecule has 0 heterocycles. The number of hydrogen-bond donors (Lipinski definition) is 2. The zero-order valence-corrected chi connectivity index (χ0v) is 16.5. The van der Waals surface area contributed by atoms with Crippen LogP contribution in [0.25, 0.3) is 6.08 Å². The fraction of sp³-hybridized carbons (Fsp3) is 0.500. The van der Waals surface area contributed by atoms with Crippen LogP contribution in [0.4, 0.5) is 10.5 Å². The standard InChI is InChI=1S/C20H27N3O5/c1-19(2,3)28-18(25)21-14-20(12-4-5-13-20)22-17(24)11-8-15-6-9-16(10-7-15)23(26)27/h6-11H,4-5,12-14H2,1-3H3,(H,21,25)(H,22,24)/b11-8+. The Morgan fingerprint density at radius 2 is 1.82 bits per heavy atom. The molecule has 0 radical (unpaired) electrons. The predicted molar refractivity (Wildman–Crippen MR) is 106 cm³/mol. The number of alkyl carbamates (subject to hydrolysis) is 1. The number of nitrogens with zero attached hydrogens (tertiary/aromatic N) is 1. The first kappa shape index (κ1) is 21.4. The Bertz CT molecular complexity index is 744. The van der Waals surface area contributed by atoms with Gasteiger partial charge in [0.1, 0.15) is 5.60 Å². The van der Waals surface area contributed by atoms with Crippen molar-refractivity contribution >= 4 is 23.8 Å². The van der Waals surface area contributed by atoms with Gasteiger partial charge in [0.25, 0.3) is 5.69 Å². The maximum atomic E-state index is 12.4. The highest BCUT2D eigenvalue weighted by Crippen LogP contribution is 2.29. The minimum Gasteiger partial charge on any atom is -0.444 e. The smallest absolute Gasteiger partial charge is 0.407 e. The highest BCUT2D eigenvalue weighted by molar-refractivity contribution is 5.92.